The minimum Gasteiger partial charge on any atom is -0.368 e. The van der Waals surface area contributed by atoms with E-state index in [-0.39, 0.29) is 0 Å². The molecule has 0 fully saturated rings. The summed E-state index contributed by atoms with van der Waals surface area (Å²) < 4.78 is 0. The monoisotopic (exact) mass is 310 g/mol. The van der Waals surface area contributed by atoms with Crippen molar-refractivity contribution >= 4 is 40.5 Å². The first-order valence-electron chi connectivity index (χ1n) is 6.28. The van der Waals surface area contributed by atoms with Gasteiger partial charge < -0.3 is 10.6 Å². The van der Waals surface area contributed by atoms with Crippen molar-refractivity contribution in [2.24, 2.45) is 0 Å². The van der Waals surface area contributed by atoms with Gasteiger partial charge in [-0.25, -0.2) is 9.97 Å². The molecule has 2 rings (SSSR count). The Bertz CT molecular complexity index is 614. The molecule has 0 atom stereocenters. The normalized spacial score (nSPS) is 10.7. The first-order valence-corrected chi connectivity index (χ1v) is 7.04. The van der Waals surface area contributed by atoms with Crippen molar-refractivity contribution in [3.8, 4) is 0 Å². The third-order valence-corrected chi connectivity index (χ3v) is 3.03. The molecule has 1 aromatic carbocycles. The molecule has 0 saturated carbocycles. The maximum absolute atomic E-state index is 6.13. The van der Waals surface area contributed by atoms with Gasteiger partial charge in [0.15, 0.2) is 0 Å². The average molecular weight is 311 g/mol. The Balaban J connectivity index is 2.28. The van der Waals surface area contributed by atoms with Crippen LogP contribution in [0.4, 0.5) is 17.3 Å². The summed E-state index contributed by atoms with van der Waals surface area (Å²) in [6.45, 7) is 5.95. The van der Waals surface area contributed by atoms with Gasteiger partial charge in [0.05, 0.1) is 10.7 Å². The van der Waals surface area contributed by atoms with Crippen LogP contribution in [0.3, 0.4) is 0 Å². The molecular weight excluding hydrogens is 295 g/mol. The standard InChI is InChI=1S/C14H16Cl2N4/c1-8(2)17-13-7-14(19-9(3)18-13)20-12-6-10(15)4-5-11(12)16/h4-8H,1-3H3,(H2,17,18,19,20). The Labute approximate surface area is 128 Å². The van der Waals surface area contributed by atoms with E-state index in [4.69, 9.17) is 23.2 Å². The Morgan fingerprint density at radius 3 is 2.45 bits per heavy atom. The highest BCUT2D eigenvalue weighted by Gasteiger charge is 2.06. The van der Waals surface area contributed by atoms with Crippen LogP contribution < -0.4 is 10.6 Å². The number of anilines is 3. The number of nitrogens with zero attached hydrogens (tertiary/aromatic N) is 2. The molecular formula is C14H16Cl2N4. The first kappa shape index (κ1) is 14.9. The van der Waals surface area contributed by atoms with Gasteiger partial charge in [0.2, 0.25) is 0 Å². The molecule has 0 amide bonds. The fourth-order valence-corrected chi connectivity index (χ4v) is 2.07. The number of hydrogen-bond acceptors (Lipinski definition) is 4. The average Bonchev–Trinajstić information content (AvgIpc) is 2.32. The molecule has 1 heterocycles. The number of nitrogens with one attached hydrogen (secondary N) is 2. The van der Waals surface area contributed by atoms with Crippen molar-refractivity contribution < 1.29 is 0 Å². The third kappa shape index (κ3) is 3.99. The van der Waals surface area contributed by atoms with Crippen molar-refractivity contribution in [2.45, 2.75) is 26.8 Å². The van der Waals surface area contributed by atoms with Gasteiger partial charge in [-0.2, -0.15) is 0 Å². The summed E-state index contributed by atoms with van der Waals surface area (Å²) in [7, 11) is 0. The summed E-state index contributed by atoms with van der Waals surface area (Å²) in [6.07, 6.45) is 0. The first-order chi connectivity index (χ1) is 9.44. The van der Waals surface area contributed by atoms with Gasteiger partial charge in [0.1, 0.15) is 17.5 Å². The largest absolute Gasteiger partial charge is 0.368 e. The maximum Gasteiger partial charge on any atom is 0.136 e. The predicted molar refractivity (Wildman–Crippen MR) is 85.3 cm³/mol. The molecule has 2 aromatic rings. The molecule has 0 spiro atoms. The lowest BCUT2D eigenvalue weighted by Crippen LogP contribution is -2.12. The van der Waals surface area contributed by atoms with E-state index in [9.17, 15) is 0 Å². The van der Waals surface area contributed by atoms with Crippen LogP contribution in [0, 0.1) is 6.92 Å². The van der Waals surface area contributed by atoms with Crippen molar-refractivity contribution in [1.82, 2.24) is 9.97 Å². The van der Waals surface area contributed by atoms with Crippen molar-refractivity contribution in [3.63, 3.8) is 0 Å². The zero-order chi connectivity index (χ0) is 14.7. The molecule has 0 bridgehead atoms. The van der Waals surface area contributed by atoms with Crippen LogP contribution in [0.5, 0.6) is 0 Å². The smallest absolute Gasteiger partial charge is 0.136 e. The van der Waals surface area contributed by atoms with E-state index in [0.717, 1.165) is 5.82 Å². The number of hydrogen-bond donors (Lipinski definition) is 2. The lowest BCUT2D eigenvalue weighted by molar-refractivity contribution is 0.881. The third-order valence-electron chi connectivity index (χ3n) is 2.47. The molecule has 0 radical (unpaired) electrons. The Morgan fingerprint density at radius 1 is 1.05 bits per heavy atom. The van der Waals surface area contributed by atoms with Gasteiger partial charge in [0, 0.05) is 17.1 Å². The summed E-state index contributed by atoms with van der Waals surface area (Å²) in [5.41, 5.74) is 0.716. The van der Waals surface area contributed by atoms with Gasteiger partial charge >= 0.3 is 0 Å². The zero-order valence-corrected chi connectivity index (χ0v) is 13.0. The quantitative estimate of drug-likeness (QED) is 0.862. The SMILES string of the molecule is Cc1nc(Nc2cc(Cl)ccc2Cl)cc(NC(C)C)n1. The highest BCUT2D eigenvalue weighted by Crippen LogP contribution is 2.28. The molecule has 0 aliphatic heterocycles. The fraction of sp³-hybridized carbons (Fsp3) is 0.286. The van der Waals surface area contributed by atoms with Crippen LogP contribution in [0.1, 0.15) is 19.7 Å². The van der Waals surface area contributed by atoms with Crippen LogP contribution in [-0.2, 0) is 0 Å². The molecule has 6 heteroatoms. The van der Waals surface area contributed by atoms with Crippen LogP contribution in [-0.4, -0.2) is 16.0 Å². The van der Waals surface area contributed by atoms with Crippen LogP contribution in [0.15, 0.2) is 24.3 Å². The summed E-state index contributed by atoms with van der Waals surface area (Å²) >= 11 is 12.1. The van der Waals surface area contributed by atoms with Crippen LogP contribution in [0.2, 0.25) is 10.0 Å². The molecule has 20 heavy (non-hydrogen) atoms. The molecule has 0 unspecified atom stereocenters. The maximum atomic E-state index is 6.13. The van der Waals surface area contributed by atoms with Crippen LogP contribution >= 0.6 is 23.2 Å². The topological polar surface area (TPSA) is 49.8 Å². The molecule has 4 nitrogen and oxygen atoms in total. The second-order valence-corrected chi connectivity index (χ2v) is 5.58. The van der Waals surface area contributed by atoms with Gasteiger partial charge in [-0.1, -0.05) is 23.2 Å². The number of benzene rings is 1. The van der Waals surface area contributed by atoms with E-state index in [2.05, 4.69) is 34.4 Å². The number of aromatic nitrogens is 2. The van der Waals surface area contributed by atoms with Gasteiger partial charge in [0.25, 0.3) is 0 Å². The predicted octanol–water partition coefficient (Wildman–Crippen LogP) is 4.66. The summed E-state index contributed by atoms with van der Waals surface area (Å²) in [5, 5.41) is 7.61. The summed E-state index contributed by atoms with van der Waals surface area (Å²) in [6, 6.07) is 7.38. The second-order valence-electron chi connectivity index (χ2n) is 4.73. The van der Waals surface area contributed by atoms with Crippen molar-refractivity contribution in [2.75, 3.05) is 10.6 Å². The van der Waals surface area contributed by atoms with E-state index in [1.54, 1.807) is 18.2 Å². The van der Waals surface area contributed by atoms with E-state index < -0.39 is 0 Å². The molecule has 2 N–H and O–H groups in total. The fourth-order valence-electron chi connectivity index (χ4n) is 1.73. The summed E-state index contributed by atoms with van der Waals surface area (Å²) in [5.74, 6) is 2.12. The number of aryl methyl sites for hydroxylation is 1. The van der Waals surface area contributed by atoms with Gasteiger partial charge in [-0.05, 0) is 39.0 Å². The van der Waals surface area contributed by atoms with Crippen molar-refractivity contribution in [1.29, 1.82) is 0 Å². The van der Waals surface area contributed by atoms with E-state index in [1.165, 1.54) is 0 Å². The lowest BCUT2D eigenvalue weighted by atomic mass is 10.3. The van der Waals surface area contributed by atoms with Gasteiger partial charge in [-0.15, -0.1) is 0 Å². The van der Waals surface area contributed by atoms with E-state index >= 15 is 0 Å². The number of halogens is 2. The zero-order valence-electron chi connectivity index (χ0n) is 11.5. The van der Waals surface area contributed by atoms with Crippen molar-refractivity contribution in [3.05, 3.63) is 40.1 Å². The van der Waals surface area contributed by atoms with E-state index in [1.807, 2.05) is 13.0 Å². The number of rotatable bonds is 4. The molecule has 1 aromatic heterocycles. The van der Waals surface area contributed by atoms with Crippen LogP contribution in [0.25, 0.3) is 0 Å². The summed E-state index contributed by atoms with van der Waals surface area (Å²) in [4.78, 5) is 8.68. The lowest BCUT2D eigenvalue weighted by Gasteiger charge is -2.13. The van der Waals surface area contributed by atoms with E-state index in [0.29, 0.717) is 33.4 Å². The molecule has 0 saturated heterocycles. The molecule has 0 aliphatic rings. The minimum atomic E-state index is 0.298. The van der Waals surface area contributed by atoms with Gasteiger partial charge in [-0.3, -0.25) is 0 Å². The Kier molecular flexibility index (Phi) is 4.68. The Morgan fingerprint density at radius 2 is 1.75 bits per heavy atom. The minimum absolute atomic E-state index is 0.298. The molecule has 0 aliphatic carbocycles. The highest BCUT2D eigenvalue weighted by molar-refractivity contribution is 6.35. The highest BCUT2D eigenvalue weighted by atomic mass is 35.5. The molecule has 106 valence electrons. The Hall–Kier alpha value is -1.52. The second kappa shape index (κ2) is 6.29.